The van der Waals surface area contributed by atoms with Crippen molar-refractivity contribution >= 4 is 35.8 Å². The lowest BCUT2D eigenvalue weighted by Gasteiger charge is -2.33. The average molecular weight is 443 g/mol. The van der Waals surface area contributed by atoms with Gasteiger partial charge in [0.05, 0.1) is 6.04 Å². The van der Waals surface area contributed by atoms with Gasteiger partial charge in [-0.1, -0.05) is 13.8 Å². The topological polar surface area (TPSA) is 105 Å². The van der Waals surface area contributed by atoms with Crippen LogP contribution < -0.4 is 16.4 Å². The minimum atomic E-state index is -0.730. The Kier molecular flexibility index (Phi) is 10.2. The van der Waals surface area contributed by atoms with Crippen molar-refractivity contribution in [3.05, 3.63) is 30.1 Å². The molecule has 0 aromatic heterocycles. The molecule has 0 radical (unpaired) electrons. The largest absolute Gasteiger partial charge is 0.344 e. The van der Waals surface area contributed by atoms with E-state index in [1.54, 1.807) is 11.8 Å². The highest BCUT2D eigenvalue weighted by atomic mass is 35.5. The van der Waals surface area contributed by atoms with Crippen molar-refractivity contribution < 1.29 is 18.8 Å². The van der Waals surface area contributed by atoms with E-state index < -0.39 is 12.1 Å². The number of benzene rings is 1. The molecule has 4 N–H and O–H groups in total. The Hall–Kier alpha value is -2.19. The van der Waals surface area contributed by atoms with E-state index in [0.717, 1.165) is 0 Å². The molecular formula is C21H32ClFN4O3. The van der Waals surface area contributed by atoms with Crippen LogP contribution in [0, 0.1) is 17.7 Å². The molecule has 1 fully saturated rings. The van der Waals surface area contributed by atoms with Crippen LogP contribution in [0.4, 0.5) is 10.1 Å². The van der Waals surface area contributed by atoms with Gasteiger partial charge >= 0.3 is 0 Å². The van der Waals surface area contributed by atoms with E-state index in [-0.39, 0.29) is 41.9 Å². The Morgan fingerprint density at radius 1 is 1.13 bits per heavy atom. The van der Waals surface area contributed by atoms with Crippen LogP contribution >= 0.6 is 12.4 Å². The number of rotatable bonds is 7. The van der Waals surface area contributed by atoms with Gasteiger partial charge in [0.2, 0.25) is 17.7 Å². The number of anilines is 1. The van der Waals surface area contributed by atoms with Gasteiger partial charge in [-0.15, -0.1) is 12.4 Å². The Morgan fingerprint density at radius 3 is 2.23 bits per heavy atom. The van der Waals surface area contributed by atoms with Crippen LogP contribution in [0.15, 0.2) is 24.3 Å². The molecule has 1 aliphatic rings. The number of carbonyl (C=O) groups is 3. The van der Waals surface area contributed by atoms with Crippen LogP contribution in [-0.4, -0.2) is 47.8 Å². The Morgan fingerprint density at radius 2 is 1.70 bits per heavy atom. The second-order valence-electron chi connectivity index (χ2n) is 8.06. The SMILES string of the molecule is CC(C)C[C@H](N)C(=O)N1CCC(C(=O)N[C@@H](C)C(=O)Nc2ccc(F)cc2)CC1.Cl. The fourth-order valence-corrected chi connectivity index (χ4v) is 3.39. The number of halogens is 2. The monoisotopic (exact) mass is 442 g/mol. The van der Waals surface area contributed by atoms with E-state index >= 15 is 0 Å². The lowest BCUT2D eigenvalue weighted by Crippen LogP contribution is -2.50. The van der Waals surface area contributed by atoms with Crippen molar-refractivity contribution in [2.24, 2.45) is 17.6 Å². The second kappa shape index (κ2) is 11.9. The predicted octanol–water partition coefficient (Wildman–Crippen LogP) is 2.30. The van der Waals surface area contributed by atoms with Gasteiger partial charge in [0, 0.05) is 24.7 Å². The van der Waals surface area contributed by atoms with Gasteiger partial charge < -0.3 is 21.3 Å². The van der Waals surface area contributed by atoms with E-state index in [0.29, 0.717) is 44.0 Å². The lowest BCUT2D eigenvalue weighted by molar-refractivity contribution is -0.137. The first-order valence-electron chi connectivity index (χ1n) is 10.1. The van der Waals surface area contributed by atoms with Gasteiger partial charge in [-0.2, -0.15) is 0 Å². The smallest absolute Gasteiger partial charge is 0.246 e. The van der Waals surface area contributed by atoms with E-state index in [9.17, 15) is 18.8 Å². The summed E-state index contributed by atoms with van der Waals surface area (Å²) in [7, 11) is 0. The van der Waals surface area contributed by atoms with Crippen molar-refractivity contribution in [3.8, 4) is 0 Å². The van der Waals surface area contributed by atoms with Crippen LogP contribution in [0.2, 0.25) is 0 Å². The molecule has 0 unspecified atom stereocenters. The summed E-state index contributed by atoms with van der Waals surface area (Å²) in [5.41, 5.74) is 6.44. The lowest BCUT2D eigenvalue weighted by atomic mass is 9.94. The number of nitrogens with zero attached hydrogens (tertiary/aromatic N) is 1. The highest BCUT2D eigenvalue weighted by Crippen LogP contribution is 2.19. The van der Waals surface area contributed by atoms with Gasteiger partial charge in [-0.05, 0) is 56.4 Å². The number of likely N-dealkylation sites (tertiary alicyclic amines) is 1. The van der Waals surface area contributed by atoms with Crippen molar-refractivity contribution in [2.75, 3.05) is 18.4 Å². The molecule has 168 valence electrons. The van der Waals surface area contributed by atoms with Crippen molar-refractivity contribution in [3.63, 3.8) is 0 Å². The summed E-state index contributed by atoms with van der Waals surface area (Å²) in [5, 5.41) is 5.36. The van der Waals surface area contributed by atoms with Gasteiger partial charge in [-0.3, -0.25) is 14.4 Å². The first-order valence-corrected chi connectivity index (χ1v) is 10.1. The third kappa shape index (κ3) is 7.57. The molecule has 1 heterocycles. The second-order valence-corrected chi connectivity index (χ2v) is 8.06. The molecule has 7 nitrogen and oxygen atoms in total. The molecule has 0 bridgehead atoms. The van der Waals surface area contributed by atoms with Gasteiger partial charge in [0.15, 0.2) is 0 Å². The quantitative estimate of drug-likeness (QED) is 0.602. The van der Waals surface area contributed by atoms with E-state index in [1.165, 1.54) is 24.3 Å². The third-order valence-corrected chi connectivity index (χ3v) is 5.08. The van der Waals surface area contributed by atoms with Crippen LogP contribution in [0.1, 0.15) is 40.0 Å². The summed E-state index contributed by atoms with van der Waals surface area (Å²) >= 11 is 0. The maximum atomic E-state index is 12.9. The number of hydrogen-bond donors (Lipinski definition) is 3. The molecule has 0 spiro atoms. The summed E-state index contributed by atoms with van der Waals surface area (Å²) < 4.78 is 12.9. The zero-order valence-electron chi connectivity index (χ0n) is 17.7. The van der Waals surface area contributed by atoms with Crippen molar-refractivity contribution in [2.45, 2.75) is 52.1 Å². The van der Waals surface area contributed by atoms with Gasteiger partial charge in [0.1, 0.15) is 11.9 Å². The minimum absolute atomic E-state index is 0. The first-order chi connectivity index (χ1) is 13.7. The number of hydrogen-bond acceptors (Lipinski definition) is 4. The highest BCUT2D eigenvalue weighted by molar-refractivity contribution is 5.97. The summed E-state index contributed by atoms with van der Waals surface area (Å²) in [6, 6.07) is 4.18. The van der Waals surface area contributed by atoms with Gasteiger partial charge in [0.25, 0.3) is 0 Å². The summed E-state index contributed by atoms with van der Waals surface area (Å²) in [6.45, 7) is 6.62. The van der Waals surface area contributed by atoms with Crippen LogP contribution in [0.25, 0.3) is 0 Å². The van der Waals surface area contributed by atoms with Crippen molar-refractivity contribution in [1.82, 2.24) is 10.2 Å². The normalized spacial score (nSPS) is 16.4. The molecule has 3 amide bonds. The minimum Gasteiger partial charge on any atom is -0.344 e. The number of piperidine rings is 1. The molecule has 2 rings (SSSR count). The zero-order valence-corrected chi connectivity index (χ0v) is 18.5. The highest BCUT2D eigenvalue weighted by Gasteiger charge is 2.30. The molecule has 1 aliphatic heterocycles. The standard InChI is InChI=1S/C21H31FN4O3.ClH/c1-13(2)12-18(23)21(29)26-10-8-15(9-11-26)20(28)24-14(3)19(27)25-17-6-4-16(22)5-7-17;/h4-7,13-15,18H,8-12,23H2,1-3H3,(H,24,28)(H,25,27);1H/t14-,18-;/m0./s1. The van der Waals surface area contributed by atoms with E-state index in [1.807, 2.05) is 13.8 Å². The molecule has 30 heavy (non-hydrogen) atoms. The van der Waals surface area contributed by atoms with Crippen LogP contribution in [-0.2, 0) is 14.4 Å². The predicted molar refractivity (Wildman–Crippen MR) is 117 cm³/mol. The summed E-state index contributed by atoms with van der Waals surface area (Å²) in [4.78, 5) is 38.9. The van der Waals surface area contributed by atoms with Crippen molar-refractivity contribution in [1.29, 1.82) is 0 Å². The first kappa shape index (κ1) is 25.8. The van der Waals surface area contributed by atoms with E-state index in [2.05, 4.69) is 10.6 Å². The van der Waals surface area contributed by atoms with Crippen LogP contribution in [0.3, 0.4) is 0 Å². The number of nitrogens with two attached hydrogens (primary N) is 1. The summed E-state index contributed by atoms with van der Waals surface area (Å²) in [6.07, 6.45) is 1.72. The molecule has 1 aromatic carbocycles. The fraction of sp³-hybridized carbons (Fsp3) is 0.571. The maximum absolute atomic E-state index is 12.9. The number of amides is 3. The number of carbonyl (C=O) groups excluding carboxylic acids is 3. The summed E-state index contributed by atoms with van der Waals surface area (Å²) in [5.74, 6) is -0.937. The van der Waals surface area contributed by atoms with E-state index in [4.69, 9.17) is 5.73 Å². The Bertz CT molecular complexity index is 721. The van der Waals surface area contributed by atoms with Crippen LogP contribution in [0.5, 0.6) is 0 Å². The molecular weight excluding hydrogens is 411 g/mol. The Balaban J connectivity index is 0.00000450. The molecule has 9 heteroatoms. The number of nitrogens with one attached hydrogen (secondary N) is 2. The van der Waals surface area contributed by atoms with Gasteiger partial charge in [-0.25, -0.2) is 4.39 Å². The Labute approximate surface area is 183 Å². The molecule has 0 aliphatic carbocycles. The molecule has 0 saturated carbocycles. The fourth-order valence-electron chi connectivity index (χ4n) is 3.39. The maximum Gasteiger partial charge on any atom is 0.246 e. The third-order valence-electron chi connectivity index (χ3n) is 5.08. The zero-order chi connectivity index (χ0) is 21.6. The molecule has 2 atom stereocenters. The molecule has 1 aromatic rings. The average Bonchev–Trinajstić information content (AvgIpc) is 2.68. The molecule has 1 saturated heterocycles.